The number of hydrogen-bond acceptors (Lipinski definition) is 2. The summed E-state index contributed by atoms with van der Waals surface area (Å²) in [7, 11) is -0.765. The lowest BCUT2D eigenvalue weighted by Crippen LogP contribution is -2.27. The Morgan fingerprint density at radius 2 is 2.00 bits per heavy atom. The Labute approximate surface area is 100 Å². The zero-order chi connectivity index (χ0) is 12.4. The number of aryl methyl sites for hydroxylation is 1. The second-order valence-electron chi connectivity index (χ2n) is 5.42. The Bertz CT molecular complexity index is 339. The van der Waals surface area contributed by atoms with Crippen molar-refractivity contribution < 1.29 is 4.74 Å². The number of aromatic nitrogens is 2. The first-order valence-corrected chi connectivity index (χ1v) is 8.25. The van der Waals surface area contributed by atoms with Crippen molar-refractivity contribution in [2.24, 2.45) is 0 Å². The number of rotatable bonds is 4. The van der Waals surface area contributed by atoms with Crippen LogP contribution in [0.3, 0.4) is 0 Å². The third-order valence-electron chi connectivity index (χ3n) is 3.10. The van der Waals surface area contributed by atoms with E-state index in [2.05, 4.69) is 45.3 Å². The van der Waals surface area contributed by atoms with E-state index in [1.54, 1.807) is 0 Å². The molecule has 0 N–H and O–H groups in total. The lowest BCUT2D eigenvalue weighted by atomic mass is 10.3. The highest BCUT2D eigenvalue weighted by atomic mass is 32.3. The molecule has 0 spiro atoms. The molecule has 0 aliphatic heterocycles. The molecule has 0 fully saturated rings. The third kappa shape index (κ3) is 3.17. The summed E-state index contributed by atoms with van der Waals surface area (Å²) >= 11 is 0. The predicted molar refractivity (Wildman–Crippen MR) is 72.6 cm³/mol. The summed E-state index contributed by atoms with van der Waals surface area (Å²) < 4.78 is 7.97. The molecular weight excluding hydrogens is 220 g/mol. The first-order chi connectivity index (χ1) is 7.26. The number of nitrogens with zero attached hydrogens (tertiary/aromatic N) is 2. The SMILES string of the molecule is CCn1ccc(OCS(C)(C)C(C)(C)C)n1. The van der Waals surface area contributed by atoms with Crippen LogP contribution in [0, 0.1) is 0 Å². The fourth-order valence-electron chi connectivity index (χ4n) is 0.981. The van der Waals surface area contributed by atoms with Crippen LogP contribution in [0.15, 0.2) is 12.3 Å². The lowest BCUT2D eigenvalue weighted by molar-refractivity contribution is 0.364. The van der Waals surface area contributed by atoms with Crippen LogP contribution in [0.1, 0.15) is 27.7 Å². The fourth-order valence-corrected chi connectivity index (χ4v) is 1.75. The van der Waals surface area contributed by atoms with Crippen LogP contribution in [-0.4, -0.2) is 33.0 Å². The molecule has 1 aromatic rings. The molecule has 0 unspecified atom stereocenters. The molecular formula is C12H24N2OS. The van der Waals surface area contributed by atoms with E-state index in [1.807, 2.05) is 16.9 Å². The Morgan fingerprint density at radius 3 is 2.44 bits per heavy atom. The van der Waals surface area contributed by atoms with E-state index in [9.17, 15) is 0 Å². The zero-order valence-electron chi connectivity index (χ0n) is 11.3. The largest absolute Gasteiger partial charge is 0.467 e. The van der Waals surface area contributed by atoms with Gasteiger partial charge in [0.15, 0.2) is 0 Å². The predicted octanol–water partition coefficient (Wildman–Crippen LogP) is 3.10. The van der Waals surface area contributed by atoms with Gasteiger partial charge in [-0.2, -0.15) is 0 Å². The highest BCUT2D eigenvalue weighted by Crippen LogP contribution is 2.52. The molecule has 0 radical (unpaired) electrons. The van der Waals surface area contributed by atoms with Crippen molar-refractivity contribution in [3.8, 4) is 5.88 Å². The van der Waals surface area contributed by atoms with Crippen molar-refractivity contribution in [1.82, 2.24) is 9.78 Å². The van der Waals surface area contributed by atoms with E-state index < -0.39 is 10.0 Å². The van der Waals surface area contributed by atoms with E-state index >= 15 is 0 Å². The van der Waals surface area contributed by atoms with Gasteiger partial charge in [0.1, 0.15) is 5.94 Å². The maximum atomic E-state index is 5.78. The molecule has 0 aliphatic rings. The molecule has 0 bridgehead atoms. The van der Waals surface area contributed by atoms with Gasteiger partial charge in [0.2, 0.25) is 5.88 Å². The highest BCUT2D eigenvalue weighted by molar-refractivity contribution is 8.33. The van der Waals surface area contributed by atoms with Gasteiger partial charge in [0.25, 0.3) is 0 Å². The molecule has 3 nitrogen and oxygen atoms in total. The smallest absolute Gasteiger partial charge is 0.233 e. The van der Waals surface area contributed by atoms with Crippen LogP contribution in [0.4, 0.5) is 0 Å². The molecule has 0 amide bonds. The highest BCUT2D eigenvalue weighted by Gasteiger charge is 2.28. The molecule has 16 heavy (non-hydrogen) atoms. The van der Waals surface area contributed by atoms with E-state index in [0.29, 0.717) is 4.75 Å². The zero-order valence-corrected chi connectivity index (χ0v) is 12.1. The average molecular weight is 244 g/mol. The van der Waals surface area contributed by atoms with Gasteiger partial charge >= 0.3 is 0 Å². The minimum atomic E-state index is -0.765. The Hall–Kier alpha value is -0.640. The minimum absolute atomic E-state index is 0.306. The number of hydrogen-bond donors (Lipinski definition) is 0. The van der Waals surface area contributed by atoms with E-state index in [1.165, 1.54) is 0 Å². The van der Waals surface area contributed by atoms with Gasteiger partial charge in [-0.05, 0) is 24.2 Å². The summed E-state index contributed by atoms with van der Waals surface area (Å²) in [5, 5.41) is 4.32. The van der Waals surface area contributed by atoms with Crippen molar-refractivity contribution >= 4 is 10.0 Å². The van der Waals surface area contributed by atoms with Crippen LogP contribution in [0.5, 0.6) is 5.88 Å². The summed E-state index contributed by atoms with van der Waals surface area (Å²) in [6.45, 7) is 9.78. The monoisotopic (exact) mass is 244 g/mol. The van der Waals surface area contributed by atoms with Crippen LogP contribution < -0.4 is 4.74 Å². The maximum absolute atomic E-state index is 5.78. The molecule has 0 aromatic carbocycles. The van der Waals surface area contributed by atoms with Gasteiger partial charge in [-0.15, -0.1) is 5.10 Å². The molecule has 0 aliphatic carbocycles. The third-order valence-corrected chi connectivity index (χ3v) is 7.12. The second-order valence-corrected chi connectivity index (χ2v) is 9.96. The summed E-state index contributed by atoms with van der Waals surface area (Å²) in [6, 6.07) is 1.93. The van der Waals surface area contributed by atoms with Crippen LogP contribution in [-0.2, 0) is 6.54 Å². The quantitative estimate of drug-likeness (QED) is 0.814. The Morgan fingerprint density at radius 1 is 1.38 bits per heavy atom. The topological polar surface area (TPSA) is 27.1 Å². The van der Waals surface area contributed by atoms with E-state index in [-0.39, 0.29) is 0 Å². The Balaban J connectivity index is 2.57. The van der Waals surface area contributed by atoms with Crippen LogP contribution in [0.25, 0.3) is 0 Å². The summed E-state index contributed by atoms with van der Waals surface area (Å²) in [4.78, 5) is 0. The van der Waals surface area contributed by atoms with E-state index in [4.69, 9.17) is 4.74 Å². The summed E-state index contributed by atoms with van der Waals surface area (Å²) in [5.41, 5.74) is 0. The first kappa shape index (κ1) is 13.4. The fraction of sp³-hybridized carbons (Fsp3) is 0.750. The van der Waals surface area contributed by atoms with Gasteiger partial charge in [-0.25, -0.2) is 10.0 Å². The van der Waals surface area contributed by atoms with Gasteiger partial charge in [-0.1, -0.05) is 20.8 Å². The van der Waals surface area contributed by atoms with Gasteiger partial charge in [0, 0.05) is 18.8 Å². The summed E-state index contributed by atoms with van der Waals surface area (Å²) in [6.07, 6.45) is 6.57. The van der Waals surface area contributed by atoms with Crippen molar-refractivity contribution in [1.29, 1.82) is 0 Å². The van der Waals surface area contributed by atoms with Gasteiger partial charge < -0.3 is 4.74 Å². The van der Waals surface area contributed by atoms with Crippen molar-refractivity contribution in [2.45, 2.75) is 39.0 Å². The Kier molecular flexibility index (Phi) is 3.94. The number of ether oxygens (including phenoxy) is 1. The minimum Gasteiger partial charge on any atom is -0.467 e. The van der Waals surface area contributed by atoms with Crippen molar-refractivity contribution in [3.05, 3.63) is 12.3 Å². The van der Waals surface area contributed by atoms with E-state index in [0.717, 1.165) is 18.4 Å². The summed E-state index contributed by atoms with van der Waals surface area (Å²) in [5.74, 6) is 1.52. The van der Waals surface area contributed by atoms with Crippen molar-refractivity contribution in [3.63, 3.8) is 0 Å². The van der Waals surface area contributed by atoms with Crippen LogP contribution >= 0.6 is 10.0 Å². The van der Waals surface area contributed by atoms with Gasteiger partial charge in [-0.3, -0.25) is 4.68 Å². The van der Waals surface area contributed by atoms with Gasteiger partial charge in [0.05, 0.1) is 0 Å². The molecule has 1 aromatic heterocycles. The molecule has 0 saturated carbocycles. The average Bonchev–Trinajstić information content (AvgIpc) is 2.60. The lowest BCUT2D eigenvalue weighted by Gasteiger charge is -2.43. The van der Waals surface area contributed by atoms with Crippen LogP contribution in [0.2, 0.25) is 0 Å². The molecule has 94 valence electrons. The van der Waals surface area contributed by atoms with Crippen molar-refractivity contribution in [2.75, 3.05) is 18.5 Å². The molecule has 0 atom stereocenters. The standard InChI is InChI=1S/C12H24N2OS/c1-7-14-9-8-11(13-14)15-10-16(5,6)12(2,3)4/h8-9H,7,10H2,1-6H3. The molecule has 4 heteroatoms. The maximum Gasteiger partial charge on any atom is 0.233 e. The molecule has 0 saturated heterocycles. The second kappa shape index (κ2) is 4.70. The molecule has 1 rings (SSSR count). The first-order valence-electron chi connectivity index (χ1n) is 5.63. The normalized spacial score (nSPS) is 13.9. The molecule has 1 heterocycles.